The first kappa shape index (κ1) is 18.3. The van der Waals surface area contributed by atoms with E-state index in [4.69, 9.17) is 4.74 Å². The Bertz CT molecular complexity index is 653. The van der Waals surface area contributed by atoms with E-state index in [1.807, 2.05) is 18.2 Å². The zero-order valence-corrected chi connectivity index (χ0v) is 14.7. The van der Waals surface area contributed by atoms with Crippen molar-refractivity contribution in [2.24, 2.45) is 0 Å². The quantitative estimate of drug-likeness (QED) is 0.778. The van der Waals surface area contributed by atoms with Gasteiger partial charge in [0.15, 0.2) is 11.5 Å². The van der Waals surface area contributed by atoms with E-state index in [1.54, 1.807) is 12.1 Å². The van der Waals surface area contributed by atoms with E-state index >= 15 is 0 Å². The number of phenolic OH excluding ortho intramolecular Hbond substituents is 1. The van der Waals surface area contributed by atoms with Gasteiger partial charge in [0.1, 0.15) is 0 Å². The fraction of sp³-hybridized carbons (Fsp3) is 0.400. The van der Waals surface area contributed by atoms with E-state index in [9.17, 15) is 10.2 Å². The normalized spacial score (nSPS) is 12.4. The molecule has 2 aromatic rings. The SMILES string of the molecule is CCC(CO)N(Cc1ccc(OC)c(O)c1)Cc1ccccc1C. The second-order valence-corrected chi connectivity index (χ2v) is 6.08. The Balaban J connectivity index is 2.23. The Morgan fingerprint density at radius 1 is 1.12 bits per heavy atom. The molecule has 0 fully saturated rings. The molecule has 2 aromatic carbocycles. The number of hydrogen-bond donors (Lipinski definition) is 2. The van der Waals surface area contributed by atoms with Gasteiger partial charge in [-0.1, -0.05) is 37.3 Å². The molecule has 0 saturated carbocycles. The van der Waals surface area contributed by atoms with Gasteiger partial charge in [0.05, 0.1) is 13.7 Å². The predicted molar refractivity (Wildman–Crippen MR) is 96.2 cm³/mol. The fourth-order valence-corrected chi connectivity index (χ4v) is 2.89. The highest BCUT2D eigenvalue weighted by Crippen LogP contribution is 2.27. The minimum Gasteiger partial charge on any atom is -0.504 e. The minimum absolute atomic E-state index is 0.0776. The Kier molecular flexibility index (Phi) is 6.64. The number of rotatable bonds is 8. The van der Waals surface area contributed by atoms with Gasteiger partial charge < -0.3 is 14.9 Å². The van der Waals surface area contributed by atoms with E-state index in [0.717, 1.165) is 18.5 Å². The second-order valence-electron chi connectivity index (χ2n) is 6.08. The molecule has 1 atom stereocenters. The van der Waals surface area contributed by atoms with Crippen molar-refractivity contribution in [2.75, 3.05) is 13.7 Å². The van der Waals surface area contributed by atoms with Crippen LogP contribution in [0.1, 0.15) is 30.0 Å². The summed E-state index contributed by atoms with van der Waals surface area (Å²) in [6, 6.07) is 13.8. The highest BCUT2D eigenvalue weighted by Gasteiger charge is 2.18. The molecule has 0 amide bonds. The molecule has 0 radical (unpaired) electrons. The molecule has 0 aliphatic heterocycles. The van der Waals surface area contributed by atoms with E-state index in [1.165, 1.54) is 18.2 Å². The first-order chi connectivity index (χ1) is 11.6. The van der Waals surface area contributed by atoms with Crippen molar-refractivity contribution in [1.82, 2.24) is 4.90 Å². The number of methoxy groups -OCH3 is 1. The molecule has 4 heteroatoms. The van der Waals surface area contributed by atoms with Crippen LogP contribution in [0.3, 0.4) is 0 Å². The number of aliphatic hydroxyl groups excluding tert-OH is 1. The molecule has 0 spiro atoms. The smallest absolute Gasteiger partial charge is 0.160 e. The van der Waals surface area contributed by atoms with Gasteiger partial charge in [-0.05, 0) is 42.2 Å². The van der Waals surface area contributed by atoms with Gasteiger partial charge in [0, 0.05) is 19.1 Å². The number of hydrogen-bond acceptors (Lipinski definition) is 4. The molecule has 2 rings (SSSR count). The van der Waals surface area contributed by atoms with Crippen LogP contribution in [0.5, 0.6) is 11.5 Å². The third kappa shape index (κ3) is 4.49. The monoisotopic (exact) mass is 329 g/mol. The Morgan fingerprint density at radius 2 is 1.88 bits per heavy atom. The Labute approximate surface area is 144 Å². The van der Waals surface area contributed by atoms with Crippen molar-refractivity contribution in [3.8, 4) is 11.5 Å². The van der Waals surface area contributed by atoms with Crippen LogP contribution in [0.4, 0.5) is 0 Å². The molecular weight excluding hydrogens is 302 g/mol. The van der Waals surface area contributed by atoms with Gasteiger partial charge in [-0.25, -0.2) is 0 Å². The number of nitrogens with zero attached hydrogens (tertiary/aromatic N) is 1. The molecule has 0 heterocycles. The molecule has 24 heavy (non-hydrogen) atoms. The summed E-state index contributed by atoms with van der Waals surface area (Å²) in [6.45, 7) is 5.72. The van der Waals surface area contributed by atoms with Crippen molar-refractivity contribution in [3.05, 3.63) is 59.2 Å². The van der Waals surface area contributed by atoms with Crippen LogP contribution < -0.4 is 4.74 Å². The van der Waals surface area contributed by atoms with E-state index < -0.39 is 0 Å². The number of aliphatic hydroxyl groups is 1. The molecule has 0 saturated heterocycles. The van der Waals surface area contributed by atoms with Gasteiger partial charge in [-0.3, -0.25) is 4.90 Å². The number of aromatic hydroxyl groups is 1. The van der Waals surface area contributed by atoms with Crippen LogP contribution in [-0.2, 0) is 13.1 Å². The molecule has 0 bridgehead atoms. The molecule has 0 aromatic heterocycles. The maximum absolute atomic E-state index is 10.00. The molecular formula is C20H27NO3. The van der Waals surface area contributed by atoms with Gasteiger partial charge in [-0.15, -0.1) is 0 Å². The molecule has 0 aliphatic rings. The zero-order chi connectivity index (χ0) is 17.5. The second kappa shape index (κ2) is 8.71. The Hall–Kier alpha value is -2.04. The largest absolute Gasteiger partial charge is 0.504 e. The highest BCUT2D eigenvalue weighted by molar-refractivity contribution is 5.41. The maximum atomic E-state index is 10.00. The lowest BCUT2D eigenvalue weighted by Crippen LogP contribution is -2.36. The third-order valence-corrected chi connectivity index (χ3v) is 4.46. The number of aryl methyl sites for hydroxylation is 1. The number of ether oxygens (including phenoxy) is 1. The number of benzene rings is 2. The summed E-state index contributed by atoms with van der Waals surface area (Å²) in [6.07, 6.45) is 0.866. The predicted octanol–water partition coefficient (Wildman–Crippen LogP) is 3.48. The van der Waals surface area contributed by atoms with Crippen molar-refractivity contribution in [3.63, 3.8) is 0 Å². The zero-order valence-electron chi connectivity index (χ0n) is 14.7. The van der Waals surface area contributed by atoms with Crippen molar-refractivity contribution < 1.29 is 14.9 Å². The highest BCUT2D eigenvalue weighted by atomic mass is 16.5. The van der Waals surface area contributed by atoms with Crippen LogP contribution in [0.25, 0.3) is 0 Å². The average molecular weight is 329 g/mol. The van der Waals surface area contributed by atoms with Crippen molar-refractivity contribution >= 4 is 0 Å². The van der Waals surface area contributed by atoms with E-state index in [2.05, 4.69) is 30.9 Å². The van der Waals surface area contributed by atoms with E-state index in [0.29, 0.717) is 12.3 Å². The van der Waals surface area contributed by atoms with Crippen LogP contribution in [-0.4, -0.2) is 34.9 Å². The van der Waals surface area contributed by atoms with Gasteiger partial charge in [-0.2, -0.15) is 0 Å². The summed E-state index contributed by atoms with van der Waals surface area (Å²) in [5.74, 6) is 0.612. The van der Waals surface area contributed by atoms with Crippen LogP contribution in [0.15, 0.2) is 42.5 Å². The summed E-state index contributed by atoms with van der Waals surface area (Å²) >= 11 is 0. The summed E-state index contributed by atoms with van der Waals surface area (Å²) in [5, 5.41) is 19.7. The lowest BCUT2D eigenvalue weighted by atomic mass is 10.1. The molecule has 0 aliphatic carbocycles. The molecule has 130 valence electrons. The van der Waals surface area contributed by atoms with Crippen LogP contribution >= 0.6 is 0 Å². The van der Waals surface area contributed by atoms with Gasteiger partial charge in [0.2, 0.25) is 0 Å². The van der Waals surface area contributed by atoms with Crippen LogP contribution in [0.2, 0.25) is 0 Å². The van der Waals surface area contributed by atoms with Crippen LogP contribution in [0, 0.1) is 6.92 Å². The minimum atomic E-state index is 0.0776. The summed E-state index contributed by atoms with van der Waals surface area (Å²) in [4.78, 5) is 2.25. The first-order valence-electron chi connectivity index (χ1n) is 8.34. The lowest BCUT2D eigenvalue weighted by Gasteiger charge is -2.30. The maximum Gasteiger partial charge on any atom is 0.160 e. The molecule has 1 unspecified atom stereocenters. The Morgan fingerprint density at radius 3 is 2.46 bits per heavy atom. The first-order valence-corrected chi connectivity index (χ1v) is 8.34. The van der Waals surface area contributed by atoms with Crippen molar-refractivity contribution in [1.29, 1.82) is 0 Å². The average Bonchev–Trinajstić information content (AvgIpc) is 2.58. The third-order valence-electron chi connectivity index (χ3n) is 4.46. The lowest BCUT2D eigenvalue weighted by molar-refractivity contribution is 0.106. The number of phenols is 1. The summed E-state index contributed by atoms with van der Waals surface area (Å²) in [5.41, 5.74) is 3.49. The molecule has 2 N–H and O–H groups in total. The standard InChI is InChI=1S/C20H27NO3/c1-4-18(14-22)21(13-17-8-6-5-7-15(17)2)12-16-9-10-20(24-3)19(23)11-16/h5-11,18,22-23H,4,12-14H2,1-3H3. The van der Waals surface area contributed by atoms with Gasteiger partial charge in [0.25, 0.3) is 0 Å². The van der Waals surface area contributed by atoms with Crippen molar-refractivity contribution in [2.45, 2.75) is 39.4 Å². The molecule has 4 nitrogen and oxygen atoms in total. The summed E-state index contributed by atoms with van der Waals surface area (Å²) in [7, 11) is 1.54. The van der Waals surface area contributed by atoms with Gasteiger partial charge >= 0.3 is 0 Å². The van der Waals surface area contributed by atoms with E-state index in [-0.39, 0.29) is 18.4 Å². The fourth-order valence-electron chi connectivity index (χ4n) is 2.89. The summed E-state index contributed by atoms with van der Waals surface area (Å²) < 4.78 is 5.10. The topological polar surface area (TPSA) is 52.9 Å².